The van der Waals surface area contributed by atoms with Gasteiger partial charge in [0.2, 0.25) is 5.91 Å². The number of hydrogen-bond acceptors (Lipinski definition) is 9. The van der Waals surface area contributed by atoms with Crippen molar-refractivity contribution in [1.29, 1.82) is 0 Å². The standard InChI is InChI=1S/C31H34ClF3N6O5/c1-30(2,3)46-29(44)41(13-14-42)12-11-37-28(43)19-9-10-36-26-23(15-19)27(39-18-38-26)40-21-7-8-25(24(32)17-21)45-22-6-4-5-20(16-22)31(33,34)35/h4-8,15-18,42H,9-14H2,1-3H3,(H,37,43)(H2,36,38,39,40). The first-order valence-corrected chi connectivity index (χ1v) is 14.7. The van der Waals surface area contributed by atoms with Crippen LogP contribution in [0.3, 0.4) is 0 Å². The molecule has 0 saturated heterocycles. The summed E-state index contributed by atoms with van der Waals surface area (Å²) >= 11 is 6.41. The predicted octanol–water partition coefficient (Wildman–Crippen LogP) is 6.23. The SMILES string of the molecule is CC(C)(C)OC(=O)N(CCO)CCNC(=O)C1=Cc2c(ncnc2Nc2ccc(Oc3cccc(C(F)(F)F)c3)c(Cl)c2)NCC1. The molecule has 0 unspecified atom stereocenters. The number of hydrogen-bond donors (Lipinski definition) is 4. The van der Waals surface area contributed by atoms with Gasteiger partial charge in [-0.25, -0.2) is 14.8 Å². The number of alkyl halides is 3. The highest BCUT2D eigenvalue weighted by Crippen LogP contribution is 2.36. The van der Waals surface area contributed by atoms with Crippen molar-refractivity contribution in [2.24, 2.45) is 0 Å². The molecule has 11 nitrogen and oxygen atoms in total. The number of benzene rings is 2. The third kappa shape index (κ3) is 9.47. The fraction of sp³-hybridized carbons (Fsp3) is 0.355. The molecule has 0 bridgehead atoms. The van der Waals surface area contributed by atoms with Crippen LogP contribution in [0.5, 0.6) is 11.5 Å². The third-order valence-electron chi connectivity index (χ3n) is 6.45. The highest BCUT2D eigenvalue weighted by Gasteiger charge is 2.30. The molecule has 1 aromatic heterocycles. The van der Waals surface area contributed by atoms with E-state index in [9.17, 15) is 27.9 Å². The van der Waals surface area contributed by atoms with E-state index in [4.69, 9.17) is 21.1 Å². The number of amides is 2. The van der Waals surface area contributed by atoms with Crippen molar-refractivity contribution >= 4 is 47.0 Å². The molecule has 46 heavy (non-hydrogen) atoms. The summed E-state index contributed by atoms with van der Waals surface area (Å²) in [6.07, 6.45) is -1.71. The normalized spacial score (nSPS) is 13.0. The van der Waals surface area contributed by atoms with Crippen molar-refractivity contribution in [2.45, 2.75) is 39.0 Å². The first-order valence-electron chi connectivity index (χ1n) is 14.3. The smallest absolute Gasteiger partial charge is 0.416 e. The molecule has 0 atom stereocenters. The Labute approximate surface area is 268 Å². The van der Waals surface area contributed by atoms with Crippen molar-refractivity contribution in [2.75, 3.05) is 43.4 Å². The summed E-state index contributed by atoms with van der Waals surface area (Å²) in [5.41, 5.74) is -0.0970. The fourth-order valence-electron chi connectivity index (χ4n) is 4.33. The van der Waals surface area contributed by atoms with Crippen LogP contribution in [0.4, 0.5) is 35.3 Å². The number of nitrogens with zero attached hydrogens (tertiary/aromatic N) is 3. The van der Waals surface area contributed by atoms with Crippen LogP contribution in [0.2, 0.25) is 5.02 Å². The summed E-state index contributed by atoms with van der Waals surface area (Å²) < 4.78 is 50.2. The van der Waals surface area contributed by atoms with Crippen LogP contribution in [0.25, 0.3) is 6.08 Å². The number of aromatic nitrogens is 2. The van der Waals surface area contributed by atoms with Crippen LogP contribution in [0.1, 0.15) is 38.3 Å². The Balaban J connectivity index is 1.46. The Kier molecular flexibility index (Phi) is 11.0. The van der Waals surface area contributed by atoms with Crippen LogP contribution >= 0.6 is 11.6 Å². The van der Waals surface area contributed by atoms with Crippen molar-refractivity contribution < 1.29 is 37.3 Å². The van der Waals surface area contributed by atoms with Crippen LogP contribution < -0.4 is 20.7 Å². The molecule has 0 fully saturated rings. The number of fused-ring (bicyclic) bond motifs is 1. The number of anilines is 3. The van der Waals surface area contributed by atoms with Gasteiger partial charge in [0.25, 0.3) is 0 Å². The maximum Gasteiger partial charge on any atom is 0.416 e. The molecule has 0 saturated carbocycles. The Hall–Kier alpha value is -4.56. The Morgan fingerprint density at radius 1 is 1.11 bits per heavy atom. The molecular formula is C31H34ClF3N6O5. The second-order valence-electron chi connectivity index (χ2n) is 11.2. The second-order valence-corrected chi connectivity index (χ2v) is 11.6. The van der Waals surface area contributed by atoms with Crippen LogP contribution in [0, 0.1) is 0 Å². The number of carbonyl (C=O) groups is 2. The molecule has 1 aliphatic rings. The van der Waals surface area contributed by atoms with Gasteiger partial charge in [0.1, 0.15) is 35.1 Å². The minimum Gasteiger partial charge on any atom is -0.456 e. The minimum atomic E-state index is -4.51. The molecule has 1 aliphatic heterocycles. The summed E-state index contributed by atoms with van der Waals surface area (Å²) in [6.45, 7) is 5.70. The van der Waals surface area contributed by atoms with Gasteiger partial charge >= 0.3 is 12.3 Å². The van der Waals surface area contributed by atoms with E-state index in [-0.39, 0.29) is 48.7 Å². The zero-order valence-corrected chi connectivity index (χ0v) is 26.1. The van der Waals surface area contributed by atoms with E-state index in [0.29, 0.717) is 41.4 Å². The quantitative estimate of drug-likeness (QED) is 0.199. The van der Waals surface area contributed by atoms with Crippen LogP contribution in [-0.4, -0.2) is 70.4 Å². The zero-order chi connectivity index (χ0) is 33.5. The number of nitrogens with one attached hydrogen (secondary N) is 3. The number of halogens is 4. The zero-order valence-electron chi connectivity index (χ0n) is 25.4. The van der Waals surface area contributed by atoms with Gasteiger partial charge in [-0.2, -0.15) is 13.2 Å². The van der Waals surface area contributed by atoms with Crippen molar-refractivity contribution in [3.63, 3.8) is 0 Å². The molecular weight excluding hydrogens is 629 g/mol. The summed E-state index contributed by atoms with van der Waals surface area (Å²) in [5, 5.41) is 18.6. The highest BCUT2D eigenvalue weighted by atomic mass is 35.5. The van der Waals surface area contributed by atoms with Gasteiger partial charge in [-0.05, 0) is 69.7 Å². The number of ether oxygens (including phenoxy) is 2. The van der Waals surface area contributed by atoms with E-state index >= 15 is 0 Å². The first kappa shape index (κ1) is 34.3. The van der Waals surface area contributed by atoms with Crippen molar-refractivity contribution in [3.05, 3.63) is 70.5 Å². The second kappa shape index (κ2) is 14.7. The van der Waals surface area contributed by atoms with Crippen molar-refractivity contribution in [1.82, 2.24) is 20.2 Å². The monoisotopic (exact) mass is 662 g/mol. The molecule has 4 N–H and O–H groups in total. The Morgan fingerprint density at radius 2 is 1.89 bits per heavy atom. The topological polar surface area (TPSA) is 138 Å². The summed E-state index contributed by atoms with van der Waals surface area (Å²) in [6, 6.07) is 9.13. The van der Waals surface area contributed by atoms with Gasteiger partial charge in [-0.15, -0.1) is 0 Å². The predicted molar refractivity (Wildman–Crippen MR) is 167 cm³/mol. The molecule has 246 valence electrons. The van der Waals surface area contributed by atoms with Gasteiger partial charge in [-0.1, -0.05) is 17.7 Å². The van der Waals surface area contributed by atoms with E-state index in [1.807, 2.05) is 0 Å². The van der Waals surface area contributed by atoms with Crippen LogP contribution in [-0.2, 0) is 15.7 Å². The number of aliphatic hydroxyl groups is 1. The third-order valence-corrected chi connectivity index (χ3v) is 6.75. The van der Waals surface area contributed by atoms with Crippen LogP contribution in [0.15, 0.2) is 54.4 Å². The lowest BCUT2D eigenvalue weighted by molar-refractivity contribution is -0.137. The maximum absolute atomic E-state index is 13.1. The first-order chi connectivity index (χ1) is 21.7. The molecule has 3 aromatic rings. The lowest BCUT2D eigenvalue weighted by Crippen LogP contribution is -2.43. The van der Waals surface area contributed by atoms with Gasteiger partial charge in [0, 0.05) is 37.4 Å². The van der Waals surface area contributed by atoms with Gasteiger partial charge in [0.15, 0.2) is 0 Å². The molecule has 2 aromatic carbocycles. The van der Waals surface area contributed by atoms with Gasteiger partial charge in [-0.3, -0.25) is 4.79 Å². The molecule has 2 heterocycles. The maximum atomic E-state index is 13.1. The minimum absolute atomic E-state index is 0.0217. The largest absolute Gasteiger partial charge is 0.456 e. The number of aliphatic hydroxyl groups excluding tert-OH is 1. The lowest BCUT2D eigenvalue weighted by Gasteiger charge is -2.27. The summed E-state index contributed by atoms with van der Waals surface area (Å²) in [4.78, 5) is 35.5. The molecule has 0 radical (unpaired) electrons. The average Bonchev–Trinajstić information content (AvgIpc) is 3.20. The molecule has 0 spiro atoms. The van der Waals surface area contributed by atoms with E-state index in [1.165, 1.54) is 35.5 Å². The van der Waals surface area contributed by atoms with Gasteiger partial charge < -0.3 is 35.4 Å². The van der Waals surface area contributed by atoms with Crippen molar-refractivity contribution in [3.8, 4) is 11.5 Å². The van der Waals surface area contributed by atoms with E-state index in [2.05, 4.69) is 25.9 Å². The van der Waals surface area contributed by atoms with E-state index in [0.717, 1.165) is 12.1 Å². The average molecular weight is 663 g/mol. The number of rotatable bonds is 10. The Bertz CT molecular complexity index is 1600. The van der Waals surface area contributed by atoms with Gasteiger partial charge in [0.05, 0.1) is 22.8 Å². The van der Waals surface area contributed by atoms with E-state index in [1.54, 1.807) is 32.9 Å². The summed E-state index contributed by atoms with van der Waals surface area (Å²) in [7, 11) is 0. The molecule has 0 aliphatic carbocycles. The Morgan fingerprint density at radius 3 is 2.59 bits per heavy atom. The fourth-order valence-corrected chi connectivity index (χ4v) is 4.55. The highest BCUT2D eigenvalue weighted by molar-refractivity contribution is 6.32. The molecule has 2 amide bonds. The summed E-state index contributed by atoms with van der Waals surface area (Å²) in [5.74, 6) is 0.641. The number of carbonyl (C=O) groups excluding carboxylic acids is 2. The molecule has 15 heteroatoms. The molecule has 4 rings (SSSR count). The van der Waals surface area contributed by atoms with E-state index < -0.39 is 23.4 Å². The lowest BCUT2D eigenvalue weighted by atomic mass is 10.1.